The number of halogens is 3. The molecule has 100 valence electrons. The summed E-state index contributed by atoms with van der Waals surface area (Å²) in [6, 6.07) is 5.19. The van der Waals surface area contributed by atoms with Gasteiger partial charge in [0.2, 0.25) is 0 Å². The van der Waals surface area contributed by atoms with E-state index in [1.54, 1.807) is 18.2 Å². The number of alkyl halides is 3. The number of nitrogens with one attached hydrogen (secondary N) is 1. The number of fused-ring (bicyclic) bond motifs is 1. The van der Waals surface area contributed by atoms with Gasteiger partial charge in [-0.3, -0.25) is 4.79 Å². The van der Waals surface area contributed by atoms with E-state index in [-0.39, 0.29) is 5.70 Å². The van der Waals surface area contributed by atoms with Gasteiger partial charge in [-0.25, -0.2) is 0 Å². The van der Waals surface area contributed by atoms with Crippen LogP contribution in [0.2, 0.25) is 0 Å². The summed E-state index contributed by atoms with van der Waals surface area (Å²) in [5.74, 6) is -1.44. The lowest BCUT2D eigenvalue weighted by atomic mass is 10.2. The monoisotopic (exact) mass is 269 g/mol. The van der Waals surface area contributed by atoms with Crippen molar-refractivity contribution in [1.29, 1.82) is 0 Å². The number of hydrogen-bond donors (Lipinski definition) is 1. The summed E-state index contributed by atoms with van der Waals surface area (Å²) < 4.78 is 41.8. The number of ketones is 1. The maximum absolute atomic E-state index is 12.2. The molecule has 2 rings (SSSR count). The van der Waals surface area contributed by atoms with Crippen molar-refractivity contribution in [2.45, 2.75) is 13.1 Å². The number of allylic oxidation sites excluding steroid dienone is 2. The van der Waals surface area contributed by atoms with E-state index in [1.807, 2.05) is 6.92 Å². The summed E-state index contributed by atoms with van der Waals surface area (Å²) in [7, 11) is 0. The lowest BCUT2D eigenvalue weighted by Crippen LogP contribution is -2.21. The predicted molar refractivity (Wildman–Crippen MR) is 63.7 cm³/mol. The lowest BCUT2D eigenvalue weighted by molar-refractivity contribution is -0.165. The molecule has 1 aliphatic heterocycles. The van der Waals surface area contributed by atoms with E-state index in [0.717, 1.165) is 5.56 Å². The van der Waals surface area contributed by atoms with Gasteiger partial charge in [0.25, 0.3) is 5.78 Å². The van der Waals surface area contributed by atoms with E-state index in [4.69, 9.17) is 4.74 Å². The Bertz CT molecular complexity index is 574. The van der Waals surface area contributed by atoms with Crippen LogP contribution in [-0.2, 0) is 4.79 Å². The van der Waals surface area contributed by atoms with Crippen LogP contribution in [0, 0.1) is 6.92 Å². The molecule has 0 fully saturated rings. The SMILES string of the molecule is Cc1ccc2c(c1)OC=C/C(=C/C(=O)C(F)(F)F)N2. The van der Waals surface area contributed by atoms with Crippen LogP contribution < -0.4 is 10.1 Å². The molecule has 0 unspecified atom stereocenters. The summed E-state index contributed by atoms with van der Waals surface area (Å²) in [5.41, 5.74) is 1.47. The Morgan fingerprint density at radius 1 is 1.37 bits per heavy atom. The molecular formula is C13H10F3NO2. The average molecular weight is 269 g/mol. The third-order valence-corrected chi connectivity index (χ3v) is 2.42. The summed E-state index contributed by atoms with van der Waals surface area (Å²) in [5, 5.41) is 2.72. The molecule has 0 saturated heterocycles. The van der Waals surface area contributed by atoms with Crippen molar-refractivity contribution >= 4 is 11.5 Å². The Hall–Kier alpha value is -2.24. The van der Waals surface area contributed by atoms with Gasteiger partial charge in [-0.05, 0) is 30.7 Å². The molecule has 6 heteroatoms. The van der Waals surface area contributed by atoms with Crippen LogP contribution in [0.25, 0.3) is 0 Å². The maximum Gasteiger partial charge on any atom is 0.454 e. The van der Waals surface area contributed by atoms with E-state index in [1.165, 1.54) is 12.3 Å². The second-order valence-corrected chi connectivity index (χ2v) is 4.01. The molecule has 1 aromatic carbocycles. The molecule has 0 atom stereocenters. The molecule has 3 nitrogen and oxygen atoms in total. The molecule has 0 bridgehead atoms. The van der Waals surface area contributed by atoms with Crippen molar-refractivity contribution < 1.29 is 22.7 Å². The topological polar surface area (TPSA) is 38.3 Å². The number of aryl methyl sites for hydroxylation is 1. The molecule has 19 heavy (non-hydrogen) atoms. The molecular weight excluding hydrogens is 259 g/mol. The van der Waals surface area contributed by atoms with Crippen LogP contribution in [0.15, 0.2) is 42.3 Å². The molecule has 1 heterocycles. The molecule has 0 radical (unpaired) electrons. The smallest absolute Gasteiger partial charge is 0.454 e. The molecule has 0 spiro atoms. The second kappa shape index (κ2) is 4.79. The van der Waals surface area contributed by atoms with Gasteiger partial charge >= 0.3 is 6.18 Å². The zero-order valence-corrected chi connectivity index (χ0v) is 9.91. The Morgan fingerprint density at radius 2 is 2.11 bits per heavy atom. The zero-order chi connectivity index (χ0) is 14.0. The van der Waals surface area contributed by atoms with Crippen LogP contribution in [0.4, 0.5) is 18.9 Å². The Labute approximate surface area is 107 Å². The minimum absolute atomic E-state index is 0.0185. The van der Waals surface area contributed by atoms with Gasteiger partial charge in [0.05, 0.1) is 11.9 Å². The quantitative estimate of drug-likeness (QED) is 0.795. The fraction of sp³-hybridized carbons (Fsp3) is 0.154. The normalized spacial score (nSPS) is 16.3. The van der Waals surface area contributed by atoms with Crippen molar-refractivity contribution in [3.8, 4) is 5.75 Å². The first kappa shape index (κ1) is 13.2. The van der Waals surface area contributed by atoms with Crippen LogP contribution in [-0.4, -0.2) is 12.0 Å². The van der Waals surface area contributed by atoms with Crippen LogP contribution in [0.1, 0.15) is 5.56 Å². The standard InChI is InChI=1S/C13H10F3NO2/c1-8-2-3-10-11(6-8)19-5-4-9(17-10)7-12(18)13(14,15)16/h2-7,17H,1H3/b9-7-. The molecule has 0 amide bonds. The van der Waals surface area contributed by atoms with Crippen LogP contribution in [0.5, 0.6) is 5.75 Å². The first-order valence-electron chi connectivity index (χ1n) is 5.40. The fourth-order valence-electron chi connectivity index (χ4n) is 1.52. The number of rotatable bonds is 1. The summed E-state index contributed by atoms with van der Waals surface area (Å²) in [6.07, 6.45) is -1.90. The van der Waals surface area contributed by atoms with Crippen molar-refractivity contribution in [2.75, 3.05) is 5.32 Å². The van der Waals surface area contributed by atoms with Gasteiger partial charge < -0.3 is 10.1 Å². The Morgan fingerprint density at radius 3 is 2.79 bits per heavy atom. The highest BCUT2D eigenvalue weighted by atomic mass is 19.4. The number of carbonyl (C=O) groups excluding carboxylic acids is 1. The molecule has 1 N–H and O–H groups in total. The number of hydrogen-bond acceptors (Lipinski definition) is 3. The highest BCUT2D eigenvalue weighted by Crippen LogP contribution is 2.29. The van der Waals surface area contributed by atoms with E-state index in [9.17, 15) is 18.0 Å². The lowest BCUT2D eigenvalue weighted by Gasteiger charge is -2.09. The maximum atomic E-state index is 12.2. The Balaban J connectivity index is 2.30. The molecule has 0 aliphatic carbocycles. The predicted octanol–water partition coefficient (Wildman–Crippen LogP) is 3.33. The number of anilines is 1. The molecule has 1 aliphatic rings. The average Bonchev–Trinajstić information content (AvgIpc) is 2.49. The van der Waals surface area contributed by atoms with E-state index in [0.29, 0.717) is 17.5 Å². The zero-order valence-electron chi connectivity index (χ0n) is 9.91. The fourth-order valence-corrected chi connectivity index (χ4v) is 1.52. The van der Waals surface area contributed by atoms with Gasteiger partial charge in [-0.15, -0.1) is 0 Å². The van der Waals surface area contributed by atoms with E-state index >= 15 is 0 Å². The summed E-state index contributed by atoms with van der Waals surface area (Å²) >= 11 is 0. The van der Waals surface area contributed by atoms with E-state index in [2.05, 4.69) is 5.32 Å². The molecule has 1 aromatic rings. The van der Waals surface area contributed by atoms with E-state index < -0.39 is 12.0 Å². The first-order valence-corrected chi connectivity index (χ1v) is 5.40. The van der Waals surface area contributed by atoms with Gasteiger partial charge in [-0.2, -0.15) is 13.2 Å². The van der Waals surface area contributed by atoms with Crippen molar-refractivity contribution in [3.63, 3.8) is 0 Å². The highest BCUT2D eigenvalue weighted by Gasteiger charge is 2.36. The van der Waals surface area contributed by atoms with Crippen LogP contribution >= 0.6 is 0 Å². The third kappa shape index (κ3) is 3.15. The van der Waals surface area contributed by atoms with Gasteiger partial charge in [0.1, 0.15) is 5.75 Å². The van der Waals surface area contributed by atoms with Gasteiger partial charge in [0, 0.05) is 11.8 Å². The minimum atomic E-state index is -4.88. The van der Waals surface area contributed by atoms with Gasteiger partial charge in [0.15, 0.2) is 0 Å². The van der Waals surface area contributed by atoms with Crippen LogP contribution in [0.3, 0.4) is 0 Å². The number of ether oxygens (including phenoxy) is 1. The minimum Gasteiger partial charge on any atom is -0.463 e. The first-order chi connectivity index (χ1) is 8.86. The summed E-state index contributed by atoms with van der Waals surface area (Å²) in [6.45, 7) is 1.86. The number of carbonyl (C=O) groups is 1. The molecule has 0 aromatic heterocycles. The summed E-state index contributed by atoms with van der Waals surface area (Å²) in [4.78, 5) is 10.9. The van der Waals surface area contributed by atoms with Crippen molar-refractivity contribution in [3.05, 3.63) is 47.9 Å². The van der Waals surface area contributed by atoms with Crippen molar-refractivity contribution in [2.24, 2.45) is 0 Å². The molecule has 0 saturated carbocycles. The largest absolute Gasteiger partial charge is 0.463 e. The van der Waals surface area contributed by atoms with Crippen molar-refractivity contribution in [1.82, 2.24) is 0 Å². The Kier molecular flexibility index (Phi) is 3.33. The van der Waals surface area contributed by atoms with Gasteiger partial charge in [-0.1, -0.05) is 6.07 Å². The second-order valence-electron chi connectivity index (χ2n) is 4.01. The highest BCUT2D eigenvalue weighted by molar-refractivity contribution is 5.95. The number of benzene rings is 1. The third-order valence-electron chi connectivity index (χ3n) is 2.42.